The number of rotatable bonds is 9. The molecule has 0 saturated heterocycles. The van der Waals surface area contributed by atoms with Gasteiger partial charge in [0.25, 0.3) is 0 Å². The van der Waals surface area contributed by atoms with Crippen molar-refractivity contribution in [2.45, 2.75) is 32.9 Å². The zero-order valence-corrected chi connectivity index (χ0v) is 15.5. The molecule has 1 amide bonds. The summed E-state index contributed by atoms with van der Waals surface area (Å²) in [6.45, 7) is 6.14. The molecular formula is C19H23N5O3. The van der Waals surface area contributed by atoms with Crippen molar-refractivity contribution in [1.29, 1.82) is 0 Å². The number of carbonyl (C=O) groups excluding carboxylic acids is 1. The van der Waals surface area contributed by atoms with Crippen LogP contribution < -0.4 is 5.32 Å². The number of amides is 1. The van der Waals surface area contributed by atoms with E-state index in [9.17, 15) is 4.79 Å². The fourth-order valence-electron chi connectivity index (χ4n) is 2.63. The standard InChI is InChI=1S/C19H23N5O3/c1-3-14(2)24(13-16-7-5-11-26-16)10-9-21-18(25)19-22-17(23-27-19)15-6-4-8-20-12-15/h4-8,11-12,14H,3,9-10,13H2,1-2H3,(H,21,25). The van der Waals surface area contributed by atoms with Gasteiger partial charge in [0.2, 0.25) is 5.82 Å². The summed E-state index contributed by atoms with van der Waals surface area (Å²) < 4.78 is 10.5. The highest BCUT2D eigenvalue weighted by Crippen LogP contribution is 2.14. The summed E-state index contributed by atoms with van der Waals surface area (Å²) in [6, 6.07) is 7.77. The van der Waals surface area contributed by atoms with Gasteiger partial charge in [-0.05, 0) is 37.6 Å². The van der Waals surface area contributed by atoms with Gasteiger partial charge in [0.15, 0.2) is 0 Å². The zero-order valence-electron chi connectivity index (χ0n) is 15.5. The smallest absolute Gasteiger partial charge is 0.316 e. The molecule has 0 bridgehead atoms. The highest BCUT2D eigenvalue weighted by Gasteiger charge is 2.18. The molecule has 0 aliphatic rings. The first-order valence-electron chi connectivity index (χ1n) is 8.96. The van der Waals surface area contributed by atoms with Gasteiger partial charge < -0.3 is 14.3 Å². The minimum Gasteiger partial charge on any atom is -0.468 e. The SMILES string of the molecule is CCC(C)N(CCNC(=O)c1nc(-c2cccnc2)no1)Cc1ccco1. The Hall–Kier alpha value is -3.00. The van der Waals surface area contributed by atoms with E-state index in [0.29, 0.717) is 37.1 Å². The second kappa shape index (κ2) is 9.09. The number of hydrogen-bond donors (Lipinski definition) is 1. The van der Waals surface area contributed by atoms with Crippen LogP contribution in [0.4, 0.5) is 0 Å². The van der Waals surface area contributed by atoms with Crippen LogP contribution >= 0.6 is 0 Å². The highest BCUT2D eigenvalue weighted by atomic mass is 16.5. The molecule has 0 spiro atoms. The third-order valence-corrected chi connectivity index (χ3v) is 4.38. The van der Waals surface area contributed by atoms with Gasteiger partial charge in [-0.15, -0.1) is 0 Å². The third-order valence-electron chi connectivity index (χ3n) is 4.38. The van der Waals surface area contributed by atoms with E-state index in [-0.39, 0.29) is 11.8 Å². The molecule has 0 aliphatic carbocycles. The first-order chi connectivity index (χ1) is 13.2. The van der Waals surface area contributed by atoms with Crippen molar-refractivity contribution in [1.82, 2.24) is 25.3 Å². The quantitative estimate of drug-likeness (QED) is 0.619. The molecule has 3 rings (SSSR count). The molecule has 1 N–H and O–H groups in total. The number of nitrogens with zero attached hydrogens (tertiary/aromatic N) is 4. The van der Waals surface area contributed by atoms with Crippen LogP contribution in [0.25, 0.3) is 11.4 Å². The van der Waals surface area contributed by atoms with Crippen LogP contribution in [0.15, 0.2) is 51.9 Å². The molecule has 8 nitrogen and oxygen atoms in total. The normalized spacial score (nSPS) is 12.3. The Bertz CT molecular complexity index is 832. The van der Waals surface area contributed by atoms with Gasteiger partial charge in [-0.2, -0.15) is 4.98 Å². The van der Waals surface area contributed by atoms with Gasteiger partial charge in [0.05, 0.1) is 12.8 Å². The van der Waals surface area contributed by atoms with E-state index in [2.05, 4.69) is 39.2 Å². The van der Waals surface area contributed by atoms with Crippen LogP contribution in [-0.2, 0) is 6.54 Å². The van der Waals surface area contributed by atoms with Crippen LogP contribution in [0.3, 0.4) is 0 Å². The number of furan rings is 1. The Labute approximate surface area is 157 Å². The molecule has 1 atom stereocenters. The van der Waals surface area contributed by atoms with Gasteiger partial charge in [-0.3, -0.25) is 14.7 Å². The molecule has 0 aromatic carbocycles. The minimum atomic E-state index is -0.389. The van der Waals surface area contributed by atoms with E-state index in [1.54, 1.807) is 30.8 Å². The van der Waals surface area contributed by atoms with Crippen molar-refractivity contribution in [3.8, 4) is 11.4 Å². The maximum absolute atomic E-state index is 12.3. The lowest BCUT2D eigenvalue weighted by Crippen LogP contribution is -2.39. The molecule has 0 radical (unpaired) electrons. The Morgan fingerprint density at radius 2 is 2.22 bits per heavy atom. The summed E-state index contributed by atoms with van der Waals surface area (Å²) in [7, 11) is 0. The van der Waals surface area contributed by atoms with Crippen molar-refractivity contribution in [3.05, 3.63) is 54.6 Å². The Morgan fingerprint density at radius 1 is 1.33 bits per heavy atom. The monoisotopic (exact) mass is 369 g/mol. The lowest BCUT2D eigenvalue weighted by Gasteiger charge is -2.27. The van der Waals surface area contributed by atoms with Crippen molar-refractivity contribution < 1.29 is 13.7 Å². The molecule has 142 valence electrons. The van der Waals surface area contributed by atoms with Crippen LogP contribution in [0.5, 0.6) is 0 Å². The van der Waals surface area contributed by atoms with Crippen LogP contribution in [-0.4, -0.2) is 45.1 Å². The van der Waals surface area contributed by atoms with Gasteiger partial charge in [0, 0.05) is 37.1 Å². The largest absolute Gasteiger partial charge is 0.468 e. The average molecular weight is 369 g/mol. The second-order valence-corrected chi connectivity index (χ2v) is 6.23. The molecule has 0 saturated carbocycles. The number of aromatic nitrogens is 3. The van der Waals surface area contributed by atoms with E-state index < -0.39 is 0 Å². The molecular weight excluding hydrogens is 346 g/mol. The molecule has 1 unspecified atom stereocenters. The first-order valence-corrected chi connectivity index (χ1v) is 8.96. The summed E-state index contributed by atoms with van der Waals surface area (Å²) in [4.78, 5) is 22.7. The van der Waals surface area contributed by atoms with Gasteiger partial charge in [-0.25, -0.2) is 0 Å². The Kier molecular flexibility index (Phi) is 6.32. The minimum absolute atomic E-state index is 0.0602. The summed E-state index contributed by atoms with van der Waals surface area (Å²) in [6.07, 6.45) is 5.95. The van der Waals surface area contributed by atoms with Crippen molar-refractivity contribution in [2.24, 2.45) is 0 Å². The molecule has 0 fully saturated rings. The van der Waals surface area contributed by atoms with Crippen LogP contribution in [0.1, 0.15) is 36.7 Å². The molecule has 0 aliphatic heterocycles. The molecule has 3 heterocycles. The molecule has 27 heavy (non-hydrogen) atoms. The van der Waals surface area contributed by atoms with E-state index >= 15 is 0 Å². The topological polar surface area (TPSA) is 97.3 Å². The molecule has 3 aromatic rings. The fraction of sp³-hybridized carbons (Fsp3) is 0.368. The molecule has 3 aromatic heterocycles. The first kappa shape index (κ1) is 18.8. The number of nitrogens with one attached hydrogen (secondary N) is 1. The zero-order chi connectivity index (χ0) is 19.1. The summed E-state index contributed by atoms with van der Waals surface area (Å²) in [5.74, 6) is 0.793. The third kappa shape index (κ3) is 5.01. The maximum atomic E-state index is 12.3. The Balaban J connectivity index is 1.54. The highest BCUT2D eigenvalue weighted by molar-refractivity contribution is 5.89. The Morgan fingerprint density at radius 3 is 2.93 bits per heavy atom. The summed E-state index contributed by atoms with van der Waals surface area (Å²) in [5.41, 5.74) is 0.696. The number of hydrogen-bond acceptors (Lipinski definition) is 7. The maximum Gasteiger partial charge on any atom is 0.316 e. The predicted molar refractivity (Wildman–Crippen MR) is 98.7 cm³/mol. The van der Waals surface area contributed by atoms with Crippen molar-refractivity contribution >= 4 is 5.91 Å². The summed E-state index contributed by atoms with van der Waals surface area (Å²) in [5, 5.41) is 6.66. The molecule has 8 heteroatoms. The predicted octanol–water partition coefficient (Wildman–Crippen LogP) is 2.76. The van der Waals surface area contributed by atoms with E-state index in [1.165, 1.54) is 0 Å². The van der Waals surface area contributed by atoms with Gasteiger partial charge in [-0.1, -0.05) is 12.1 Å². The summed E-state index contributed by atoms with van der Waals surface area (Å²) >= 11 is 0. The number of carbonyl (C=O) groups is 1. The van der Waals surface area contributed by atoms with E-state index in [1.807, 2.05) is 12.1 Å². The van der Waals surface area contributed by atoms with Crippen molar-refractivity contribution in [3.63, 3.8) is 0 Å². The lowest BCUT2D eigenvalue weighted by atomic mass is 10.2. The lowest BCUT2D eigenvalue weighted by molar-refractivity contribution is 0.0898. The van der Waals surface area contributed by atoms with Gasteiger partial charge in [0.1, 0.15) is 5.76 Å². The number of pyridine rings is 1. The van der Waals surface area contributed by atoms with E-state index in [0.717, 1.165) is 12.2 Å². The van der Waals surface area contributed by atoms with Crippen LogP contribution in [0, 0.1) is 0 Å². The van der Waals surface area contributed by atoms with Gasteiger partial charge >= 0.3 is 11.8 Å². The van der Waals surface area contributed by atoms with Crippen LogP contribution in [0.2, 0.25) is 0 Å². The van der Waals surface area contributed by atoms with E-state index in [4.69, 9.17) is 8.94 Å². The fourth-order valence-corrected chi connectivity index (χ4v) is 2.63. The van der Waals surface area contributed by atoms with Crippen molar-refractivity contribution in [2.75, 3.05) is 13.1 Å². The average Bonchev–Trinajstić information content (AvgIpc) is 3.39. The second-order valence-electron chi connectivity index (χ2n) is 6.23.